The van der Waals surface area contributed by atoms with Crippen molar-refractivity contribution in [2.75, 3.05) is 12.3 Å². The fourth-order valence-corrected chi connectivity index (χ4v) is 3.29. The molecule has 0 aromatic rings. The van der Waals surface area contributed by atoms with Crippen LogP contribution in [-0.2, 0) is 0 Å². The van der Waals surface area contributed by atoms with Crippen LogP contribution in [0.3, 0.4) is 0 Å². The smallest absolute Gasteiger partial charge is 0.313 e. The summed E-state index contributed by atoms with van der Waals surface area (Å²) >= 11 is 0.0791. The van der Waals surface area contributed by atoms with Gasteiger partial charge < -0.3 is 5.32 Å². The Morgan fingerprint density at radius 3 is 2.47 bits per heavy atom. The molecule has 0 radical (unpaired) electrons. The van der Waals surface area contributed by atoms with Gasteiger partial charge in [0.05, 0.1) is 0 Å². The summed E-state index contributed by atoms with van der Waals surface area (Å²) in [6, 6.07) is 0.461. The molecule has 5 heteroatoms. The van der Waals surface area contributed by atoms with Crippen LogP contribution in [0.5, 0.6) is 0 Å². The molecule has 2 aliphatic rings. The first-order valence-electron chi connectivity index (χ1n) is 6.48. The zero-order valence-corrected chi connectivity index (χ0v) is 10.7. The summed E-state index contributed by atoms with van der Waals surface area (Å²) in [4.78, 5) is 0. The number of thioether (sulfide) groups is 1. The lowest BCUT2D eigenvalue weighted by atomic mass is 9.83. The molecule has 2 aliphatic carbocycles. The van der Waals surface area contributed by atoms with Crippen molar-refractivity contribution < 1.29 is 13.2 Å². The molecular formula is C12H20F3NS. The van der Waals surface area contributed by atoms with Crippen molar-refractivity contribution >= 4 is 11.8 Å². The van der Waals surface area contributed by atoms with Crippen LogP contribution in [0.4, 0.5) is 13.2 Å². The monoisotopic (exact) mass is 267 g/mol. The second-order valence-corrected chi connectivity index (χ2v) is 6.37. The van der Waals surface area contributed by atoms with E-state index in [2.05, 4.69) is 5.32 Å². The summed E-state index contributed by atoms with van der Waals surface area (Å²) in [6.07, 6.45) is 7.65. The molecule has 2 saturated carbocycles. The number of rotatable bonds is 5. The topological polar surface area (TPSA) is 12.0 Å². The van der Waals surface area contributed by atoms with Crippen LogP contribution in [0.25, 0.3) is 0 Å². The fraction of sp³-hybridized carbons (Fsp3) is 1.00. The van der Waals surface area contributed by atoms with Crippen LogP contribution in [0.15, 0.2) is 0 Å². The molecular weight excluding hydrogens is 247 g/mol. The molecule has 0 saturated heterocycles. The lowest BCUT2D eigenvalue weighted by Gasteiger charge is -2.30. The van der Waals surface area contributed by atoms with Crippen LogP contribution >= 0.6 is 11.8 Å². The molecule has 0 spiro atoms. The Morgan fingerprint density at radius 1 is 1.06 bits per heavy atom. The third-order valence-corrected chi connectivity index (χ3v) is 4.54. The Balaban J connectivity index is 1.58. The van der Waals surface area contributed by atoms with Crippen molar-refractivity contribution in [1.29, 1.82) is 0 Å². The van der Waals surface area contributed by atoms with Crippen LogP contribution in [0.2, 0.25) is 0 Å². The highest BCUT2D eigenvalue weighted by Crippen LogP contribution is 2.43. The molecule has 17 heavy (non-hydrogen) atoms. The van der Waals surface area contributed by atoms with Gasteiger partial charge in [-0.1, -0.05) is 12.8 Å². The zero-order chi connectivity index (χ0) is 12.3. The standard InChI is InChI=1S/C12H20F3NS/c13-12(14,15)17-7-6-16-11-3-1-2-10(8-11)9-4-5-9/h9-11,16H,1-8H2. The molecule has 2 unspecified atom stereocenters. The van der Waals surface area contributed by atoms with Crippen molar-refractivity contribution in [1.82, 2.24) is 5.32 Å². The van der Waals surface area contributed by atoms with Gasteiger partial charge >= 0.3 is 5.51 Å². The molecule has 1 nitrogen and oxygen atoms in total. The SMILES string of the molecule is FC(F)(F)SCCNC1CCCC(C2CC2)C1. The van der Waals surface area contributed by atoms with E-state index in [0.717, 1.165) is 18.3 Å². The largest absolute Gasteiger partial charge is 0.441 e. The molecule has 2 atom stereocenters. The van der Waals surface area contributed by atoms with Gasteiger partial charge in [0.15, 0.2) is 0 Å². The highest BCUT2D eigenvalue weighted by Gasteiger charge is 2.34. The molecule has 2 rings (SSSR count). The zero-order valence-electron chi connectivity index (χ0n) is 9.93. The fourth-order valence-electron chi connectivity index (χ4n) is 2.84. The van der Waals surface area contributed by atoms with E-state index in [-0.39, 0.29) is 17.5 Å². The van der Waals surface area contributed by atoms with E-state index in [1.165, 1.54) is 32.1 Å². The first kappa shape index (κ1) is 13.5. The minimum atomic E-state index is -4.08. The van der Waals surface area contributed by atoms with Crippen molar-refractivity contribution in [3.8, 4) is 0 Å². The Kier molecular flexibility index (Phi) is 4.64. The minimum absolute atomic E-state index is 0.0791. The summed E-state index contributed by atoms with van der Waals surface area (Å²) in [6.45, 7) is 0.478. The quantitative estimate of drug-likeness (QED) is 0.760. The first-order valence-corrected chi connectivity index (χ1v) is 7.47. The van der Waals surface area contributed by atoms with Crippen LogP contribution in [-0.4, -0.2) is 23.8 Å². The van der Waals surface area contributed by atoms with Crippen LogP contribution in [0, 0.1) is 11.8 Å². The highest BCUT2D eigenvalue weighted by molar-refractivity contribution is 8.00. The van der Waals surface area contributed by atoms with Crippen LogP contribution in [0.1, 0.15) is 38.5 Å². The lowest BCUT2D eigenvalue weighted by molar-refractivity contribution is -0.0327. The molecule has 0 aliphatic heterocycles. The van der Waals surface area contributed by atoms with E-state index in [4.69, 9.17) is 0 Å². The maximum atomic E-state index is 11.9. The lowest BCUT2D eigenvalue weighted by Crippen LogP contribution is -2.36. The summed E-state index contributed by atoms with van der Waals surface area (Å²) in [7, 11) is 0. The normalized spacial score (nSPS) is 30.5. The van der Waals surface area contributed by atoms with Gasteiger partial charge in [-0.3, -0.25) is 0 Å². The van der Waals surface area contributed by atoms with Gasteiger partial charge in [0, 0.05) is 18.3 Å². The highest BCUT2D eigenvalue weighted by atomic mass is 32.2. The second-order valence-electron chi connectivity index (χ2n) is 5.21. The Morgan fingerprint density at radius 2 is 1.82 bits per heavy atom. The number of halogens is 3. The minimum Gasteiger partial charge on any atom is -0.313 e. The van der Waals surface area contributed by atoms with Crippen molar-refractivity contribution in [3.05, 3.63) is 0 Å². The summed E-state index contributed by atoms with van der Waals surface area (Å²) < 4.78 is 35.8. The third-order valence-electron chi connectivity index (χ3n) is 3.80. The summed E-state index contributed by atoms with van der Waals surface area (Å²) in [5, 5.41) is 3.29. The van der Waals surface area contributed by atoms with Gasteiger partial charge in [0.25, 0.3) is 0 Å². The van der Waals surface area contributed by atoms with E-state index >= 15 is 0 Å². The first-order chi connectivity index (χ1) is 8.04. The molecule has 2 fully saturated rings. The maximum absolute atomic E-state index is 11.9. The second kappa shape index (κ2) is 5.83. The predicted octanol–water partition coefficient (Wildman–Crippen LogP) is 3.80. The summed E-state index contributed by atoms with van der Waals surface area (Å²) in [5.74, 6) is 1.91. The molecule has 1 N–H and O–H groups in total. The number of hydrogen-bond acceptors (Lipinski definition) is 2. The molecule has 0 aromatic carbocycles. The Labute approximate surface area is 105 Å². The Hall–Kier alpha value is 0.1000. The average Bonchev–Trinajstić information content (AvgIpc) is 3.07. The number of nitrogens with one attached hydrogen (secondary N) is 1. The van der Waals surface area contributed by atoms with E-state index in [1.54, 1.807) is 0 Å². The van der Waals surface area contributed by atoms with E-state index in [0.29, 0.717) is 12.6 Å². The third kappa shape index (κ3) is 5.08. The number of alkyl halides is 3. The van der Waals surface area contributed by atoms with Gasteiger partial charge in [0.2, 0.25) is 0 Å². The van der Waals surface area contributed by atoms with Gasteiger partial charge in [-0.15, -0.1) is 0 Å². The average molecular weight is 267 g/mol. The molecule has 0 amide bonds. The summed E-state index contributed by atoms with van der Waals surface area (Å²) in [5.41, 5.74) is -4.08. The van der Waals surface area contributed by atoms with Crippen LogP contribution < -0.4 is 5.32 Å². The maximum Gasteiger partial charge on any atom is 0.441 e. The number of hydrogen-bond donors (Lipinski definition) is 1. The Bertz CT molecular complexity index is 240. The molecule has 100 valence electrons. The van der Waals surface area contributed by atoms with Crippen molar-refractivity contribution in [2.24, 2.45) is 11.8 Å². The van der Waals surface area contributed by atoms with Gasteiger partial charge in [0.1, 0.15) is 0 Å². The molecule has 0 heterocycles. The van der Waals surface area contributed by atoms with E-state index < -0.39 is 5.51 Å². The van der Waals surface area contributed by atoms with E-state index in [1.807, 2.05) is 0 Å². The van der Waals surface area contributed by atoms with Crippen molar-refractivity contribution in [3.63, 3.8) is 0 Å². The van der Waals surface area contributed by atoms with Gasteiger partial charge in [-0.25, -0.2) is 0 Å². The molecule has 0 aromatic heterocycles. The predicted molar refractivity (Wildman–Crippen MR) is 65.0 cm³/mol. The van der Waals surface area contributed by atoms with Gasteiger partial charge in [-0.2, -0.15) is 13.2 Å². The van der Waals surface area contributed by atoms with Crippen molar-refractivity contribution in [2.45, 2.75) is 50.1 Å². The van der Waals surface area contributed by atoms with E-state index in [9.17, 15) is 13.2 Å². The van der Waals surface area contributed by atoms with Gasteiger partial charge in [-0.05, 0) is 49.3 Å². The molecule has 0 bridgehead atoms.